The van der Waals surface area contributed by atoms with E-state index in [1.165, 1.54) is 21.5 Å². The lowest BCUT2D eigenvalue weighted by atomic mass is 10.0. The smallest absolute Gasteiger partial charge is 0.164 e. The summed E-state index contributed by atoms with van der Waals surface area (Å²) in [5.74, 6) is 1.90. The second-order valence-corrected chi connectivity index (χ2v) is 17.5. The van der Waals surface area contributed by atoms with Gasteiger partial charge in [-0.2, -0.15) is 0 Å². The Morgan fingerprint density at radius 3 is 1.29 bits per heavy atom. The average Bonchev–Trinajstić information content (AvgIpc) is 4.06. The molecule has 0 spiro atoms. The molecule has 9 aromatic carbocycles. The van der Waals surface area contributed by atoms with E-state index in [-0.39, 0.29) is 0 Å². The third-order valence-corrected chi connectivity index (χ3v) is 13.5. The Hall–Kier alpha value is -9.46. The molecular weight excluding hydrogens is 843 g/mol. The Bertz CT molecular complexity index is 4240. The molecule has 0 amide bonds. The van der Waals surface area contributed by atoms with Gasteiger partial charge in [0.1, 0.15) is 0 Å². The number of fused-ring (bicyclic) bond motifs is 9. The van der Waals surface area contributed by atoms with E-state index in [1.807, 2.05) is 72.9 Å². The standard InChI is InChI=1S/C62H39N7/c1-4-16-40(17-5-1)60-64-61(41-18-6-2-7-19-41)66-62(65-60)44-20-14-23-46(36-44)68-53-26-12-10-24-48(53)50-37-42(29-32-55(50)68)43-30-33-56-51(38-43)49-25-11-13-27-54(49)69(56)47-31-34-57-52(39-47)59-58(28-15-35-63-59)67(57)45-21-8-3-9-22-45/h1-39H. The van der Waals surface area contributed by atoms with Crippen LogP contribution >= 0.6 is 0 Å². The lowest BCUT2D eigenvalue weighted by Gasteiger charge is -2.12. The van der Waals surface area contributed by atoms with Crippen LogP contribution in [-0.2, 0) is 0 Å². The Balaban J connectivity index is 0.882. The summed E-state index contributed by atoms with van der Waals surface area (Å²) in [5, 5.41) is 5.91. The monoisotopic (exact) mass is 881 g/mol. The van der Waals surface area contributed by atoms with Crippen molar-refractivity contribution in [2.45, 2.75) is 0 Å². The molecule has 5 aromatic heterocycles. The van der Waals surface area contributed by atoms with Gasteiger partial charge in [-0.25, -0.2) is 15.0 Å². The molecule has 14 aromatic rings. The molecule has 0 aliphatic carbocycles. The third-order valence-electron chi connectivity index (χ3n) is 13.5. The number of aromatic nitrogens is 7. The second-order valence-electron chi connectivity index (χ2n) is 17.5. The zero-order valence-electron chi connectivity index (χ0n) is 37.1. The number of para-hydroxylation sites is 3. The number of pyridine rings is 1. The van der Waals surface area contributed by atoms with Crippen LogP contribution in [0.4, 0.5) is 0 Å². The quantitative estimate of drug-likeness (QED) is 0.160. The van der Waals surface area contributed by atoms with Crippen molar-refractivity contribution in [3.8, 4) is 62.4 Å². The van der Waals surface area contributed by atoms with E-state index in [4.69, 9.17) is 19.9 Å². The summed E-state index contributed by atoms with van der Waals surface area (Å²) in [4.78, 5) is 19.9. The highest BCUT2D eigenvalue weighted by molar-refractivity contribution is 6.13. The van der Waals surface area contributed by atoms with Gasteiger partial charge < -0.3 is 13.7 Å². The maximum atomic E-state index is 5.05. The zero-order chi connectivity index (χ0) is 45.4. The molecule has 0 aliphatic rings. The van der Waals surface area contributed by atoms with Gasteiger partial charge in [-0.05, 0) is 102 Å². The number of rotatable bonds is 7. The maximum Gasteiger partial charge on any atom is 0.164 e. The minimum absolute atomic E-state index is 0.623. The second kappa shape index (κ2) is 15.6. The van der Waals surface area contributed by atoms with Gasteiger partial charge in [0.2, 0.25) is 0 Å². The predicted molar refractivity (Wildman–Crippen MR) is 282 cm³/mol. The van der Waals surface area contributed by atoms with Crippen LogP contribution < -0.4 is 0 Å². The first-order chi connectivity index (χ1) is 34.2. The van der Waals surface area contributed by atoms with Crippen molar-refractivity contribution in [1.29, 1.82) is 0 Å². The van der Waals surface area contributed by atoms with Gasteiger partial charge in [-0.15, -0.1) is 0 Å². The van der Waals surface area contributed by atoms with E-state index in [0.717, 1.165) is 88.9 Å². The van der Waals surface area contributed by atoms with E-state index in [1.54, 1.807) is 0 Å². The van der Waals surface area contributed by atoms with Crippen LogP contribution in [0.15, 0.2) is 237 Å². The molecule has 69 heavy (non-hydrogen) atoms. The van der Waals surface area contributed by atoms with Crippen LogP contribution in [0.25, 0.3) is 128 Å². The zero-order valence-corrected chi connectivity index (χ0v) is 37.1. The van der Waals surface area contributed by atoms with Gasteiger partial charge >= 0.3 is 0 Å². The molecule has 5 heterocycles. The number of nitrogens with zero attached hydrogens (tertiary/aromatic N) is 7. The fraction of sp³-hybridized carbons (Fsp3) is 0. The summed E-state index contributed by atoms with van der Waals surface area (Å²) in [6, 6.07) is 81.5. The summed E-state index contributed by atoms with van der Waals surface area (Å²) in [6.07, 6.45) is 1.89. The van der Waals surface area contributed by atoms with Crippen molar-refractivity contribution in [3.63, 3.8) is 0 Å². The summed E-state index contributed by atoms with van der Waals surface area (Å²) >= 11 is 0. The van der Waals surface area contributed by atoms with Crippen molar-refractivity contribution < 1.29 is 0 Å². The molecule has 14 rings (SSSR count). The first-order valence-electron chi connectivity index (χ1n) is 23.2. The van der Waals surface area contributed by atoms with Crippen LogP contribution in [0, 0.1) is 0 Å². The molecule has 7 heteroatoms. The summed E-state index contributed by atoms with van der Waals surface area (Å²) < 4.78 is 7.07. The predicted octanol–water partition coefficient (Wildman–Crippen LogP) is 15.2. The fourth-order valence-corrected chi connectivity index (χ4v) is 10.4. The van der Waals surface area contributed by atoms with Gasteiger partial charge in [0.15, 0.2) is 17.5 Å². The third kappa shape index (κ3) is 6.29. The van der Waals surface area contributed by atoms with Crippen molar-refractivity contribution in [1.82, 2.24) is 33.6 Å². The molecule has 0 saturated heterocycles. The molecule has 322 valence electrons. The molecule has 0 saturated carbocycles. The number of hydrogen-bond acceptors (Lipinski definition) is 4. The van der Waals surface area contributed by atoms with Crippen LogP contribution in [0.2, 0.25) is 0 Å². The van der Waals surface area contributed by atoms with E-state index in [0.29, 0.717) is 17.5 Å². The van der Waals surface area contributed by atoms with Gasteiger partial charge in [-0.3, -0.25) is 4.98 Å². The molecule has 0 N–H and O–H groups in total. The summed E-state index contributed by atoms with van der Waals surface area (Å²) in [7, 11) is 0. The van der Waals surface area contributed by atoms with E-state index >= 15 is 0 Å². The van der Waals surface area contributed by atoms with Gasteiger partial charge in [0.05, 0.1) is 38.6 Å². The van der Waals surface area contributed by atoms with Crippen LogP contribution in [0.1, 0.15) is 0 Å². The molecule has 0 aliphatic heterocycles. The maximum absolute atomic E-state index is 5.05. The van der Waals surface area contributed by atoms with E-state index < -0.39 is 0 Å². The SMILES string of the molecule is c1ccc(-c2nc(-c3ccccc3)nc(-c3cccc(-n4c5ccccc5c5cc(-c6ccc7c(c6)c6ccccc6n7-c6ccc7c(c6)c6ncccc6n7-c6ccccc6)ccc54)c3)n2)cc1. The first kappa shape index (κ1) is 38.8. The highest BCUT2D eigenvalue weighted by Gasteiger charge is 2.20. The molecule has 0 fully saturated rings. The van der Waals surface area contributed by atoms with Gasteiger partial charge in [-0.1, -0.05) is 140 Å². The minimum atomic E-state index is 0.623. The van der Waals surface area contributed by atoms with Crippen LogP contribution in [-0.4, -0.2) is 33.6 Å². The van der Waals surface area contributed by atoms with Gasteiger partial charge in [0.25, 0.3) is 0 Å². The molecule has 0 bridgehead atoms. The van der Waals surface area contributed by atoms with Gasteiger partial charge in [0, 0.05) is 66.9 Å². The Morgan fingerprint density at radius 2 is 0.681 bits per heavy atom. The minimum Gasteiger partial charge on any atom is -0.309 e. The largest absolute Gasteiger partial charge is 0.309 e. The lowest BCUT2D eigenvalue weighted by Crippen LogP contribution is -2.01. The summed E-state index contributed by atoms with van der Waals surface area (Å²) in [5.41, 5.74) is 16.1. The van der Waals surface area contributed by atoms with Crippen LogP contribution in [0.3, 0.4) is 0 Å². The molecule has 0 radical (unpaired) electrons. The van der Waals surface area contributed by atoms with E-state index in [2.05, 4.69) is 177 Å². The first-order valence-corrected chi connectivity index (χ1v) is 23.2. The van der Waals surface area contributed by atoms with Crippen molar-refractivity contribution >= 4 is 65.5 Å². The topological polar surface area (TPSA) is 66.3 Å². The summed E-state index contributed by atoms with van der Waals surface area (Å²) in [6.45, 7) is 0. The van der Waals surface area contributed by atoms with Crippen molar-refractivity contribution in [2.75, 3.05) is 0 Å². The highest BCUT2D eigenvalue weighted by Crippen LogP contribution is 2.40. The number of hydrogen-bond donors (Lipinski definition) is 0. The molecule has 0 atom stereocenters. The average molecular weight is 882 g/mol. The van der Waals surface area contributed by atoms with E-state index in [9.17, 15) is 0 Å². The fourth-order valence-electron chi connectivity index (χ4n) is 10.4. The van der Waals surface area contributed by atoms with Crippen molar-refractivity contribution in [2.24, 2.45) is 0 Å². The molecular formula is C62H39N7. The Morgan fingerprint density at radius 1 is 0.246 bits per heavy atom. The van der Waals surface area contributed by atoms with Crippen LogP contribution in [0.5, 0.6) is 0 Å². The number of benzene rings is 9. The normalized spacial score (nSPS) is 11.8. The Kier molecular flexibility index (Phi) is 8.75. The Labute approximate surface area is 396 Å². The molecule has 7 nitrogen and oxygen atoms in total. The lowest BCUT2D eigenvalue weighted by molar-refractivity contribution is 1.07. The van der Waals surface area contributed by atoms with Crippen molar-refractivity contribution in [3.05, 3.63) is 237 Å². The molecule has 0 unspecified atom stereocenters. The highest BCUT2D eigenvalue weighted by atomic mass is 15.0.